The molecule has 0 fully saturated rings. The van der Waals surface area contributed by atoms with Gasteiger partial charge in [0, 0.05) is 19.3 Å². The van der Waals surface area contributed by atoms with Gasteiger partial charge in [0.05, 0.1) is 10.0 Å². The van der Waals surface area contributed by atoms with Crippen LogP contribution in [0.5, 0.6) is 0 Å². The summed E-state index contributed by atoms with van der Waals surface area (Å²) in [6.07, 6.45) is 1.77. The van der Waals surface area contributed by atoms with Crippen molar-refractivity contribution < 1.29 is 4.74 Å². The molecule has 1 rings (SSSR count). The van der Waals surface area contributed by atoms with E-state index < -0.39 is 0 Å². The van der Waals surface area contributed by atoms with Crippen molar-refractivity contribution in [2.75, 3.05) is 13.2 Å². The SMILES string of the molecule is CCCOCCC(NN)c1cccc(Cl)c1Cl. The maximum Gasteiger partial charge on any atom is 0.0640 e. The van der Waals surface area contributed by atoms with Crippen molar-refractivity contribution in [3.05, 3.63) is 33.8 Å². The number of rotatable bonds is 7. The number of hydrogen-bond acceptors (Lipinski definition) is 3. The number of ether oxygens (including phenoxy) is 1. The summed E-state index contributed by atoms with van der Waals surface area (Å²) in [5, 5.41) is 1.09. The van der Waals surface area contributed by atoms with E-state index >= 15 is 0 Å². The van der Waals surface area contributed by atoms with E-state index in [1.807, 2.05) is 12.1 Å². The van der Waals surface area contributed by atoms with Crippen LogP contribution in [0.2, 0.25) is 10.0 Å². The normalized spacial score (nSPS) is 12.7. The predicted molar refractivity (Wildman–Crippen MR) is 72.3 cm³/mol. The van der Waals surface area contributed by atoms with E-state index in [4.69, 9.17) is 33.8 Å². The number of halogens is 2. The van der Waals surface area contributed by atoms with Gasteiger partial charge in [0.1, 0.15) is 0 Å². The molecular weight excluding hydrogens is 259 g/mol. The molecule has 1 aromatic carbocycles. The van der Waals surface area contributed by atoms with Crippen molar-refractivity contribution in [1.29, 1.82) is 0 Å². The first kappa shape index (κ1) is 14.7. The second-order valence-corrected chi connectivity index (χ2v) is 4.55. The van der Waals surface area contributed by atoms with E-state index in [9.17, 15) is 0 Å². The Kier molecular flexibility index (Phi) is 6.85. The largest absolute Gasteiger partial charge is 0.381 e. The third-order valence-electron chi connectivity index (χ3n) is 2.46. The molecule has 1 atom stereocenters. The second-order valence-electron chi connectivity index (χ2n) is 3.76. The highest BCUT2D eigenvalue weighted by Gasteiger charge is 2.14. The highest BCUT2D eigenvalue weighted by Crippen LogP contribution is 2.30. The zero-order chi connectivity index (χ0) is 12.7. The topological polar surface area (TPSA) is 47.3 Å². The average molecular weight is 277 g/mol. The lowest BCUT2D eigenvalue weighted by Crippen LogP contribution is -2.29. The van der Waals surface area contributed by atoms with E-state index in [0.717, 1.165) is 25.0 Å². The Bertz CT molecular complexity index is 347. The van der Waals surface area contributed by atoms with Gasteiger partial charge >= 0.3 is 0 Å². The predicted octanol–water partition coefficient (Wildman–Crippen LogP) is 3.31. The van der Waals surface area contributed by atoms with Gasteiger partial charge in [-0.3, -0.25) is 11.3 Å². The number of hydrogen-bond donors (Lipinski definition) is 2. The number of hydrazine groups is 1. The Morgan fingerprint density at radius 3 is 2.76 bits per heavy atom. The van der Waals surface area contributed by atoms with Gasteiger partial charge in [0.25, 0.3) is 0 Å². The fraction of sp³-hybridized carbons (Fsp3) is 0.500. The highest BCUT2D eigenvalue weighted by molar-refractivity contribution is 6.42. The van der Waals surface area contributed by atoms with Crippen LogP contribution >= 0.6 is 23.2 Å². The van der Waals surface area contributed by atoms with Crippen LogP contribution in [0, 0.1) is 0 Å². The van der Waals surface area contributed by atoms with Crippen molar-refractivity contribution in [3.63, 3.8) is 0 Å². The van der Waals surface area contributed by atoms with Crippen LogP contribution in [0.1, 0.15) is 31.4 Å². The highest BCUT2D eigenvalue weighted by atomic mass is 35.5. The smallest absolute Gasteiger partial charge is 0.0640 e. The number of nitrogens with one attached hydrogen (secondary N) is 1. The van der Waals surface area contributed by atoms with E-state index in [1.165, 1.54) is 0 Å². The lowest BCUT2D eigenvalue weighted by Gasteiger charge is -2.18. The van der Waals surface area contributed by atoms with Gasteiger partial charge < -0.3 is 4.74 Å². The zero-order valence-corrected chi connectivity index (χ0v) is 11.4. The summed E-state index contributed by atoms with van der Waals surface area (Å²) < 4.78 is 5.44. The molecule has 0 aromatic heterocycles. The van der Waals surface area contributed by atoms with Gasteiger partial charge in [-0.1, -0.05) is 42.3 Å². The molecular formula is C12H18Cl2N2O. The molecule has 0 heterocycles. The van der Waals surface area contributed by atoms with E-state index in [0.29, 0.717) is 16.7 Å². The zero-order valence-electron chi connectivity index (χ0n) is 9.88. The molecule has 0 aliphatic rings. The third-order valence-corrected chi connectivity index (χ3v) is 3.29. The lowest BCUT2D eigenvalue weighted by atomic mass is 10.0. The Morgan fingerprint density at radius 2 is 2.12 bits per heavy atom. The molecule has 3 nitrogen and oxygen atoms in total. The minimum absolute atomic E-state index is 0.0435. The standard InChI is InChI=1S/C12H18Cl2N2O/c1-2-7-17-8-6-11(16-15)9-4-3-5-10(13)12(9)14/h3-5,11,16H,2,6-8,15H2,1H3. The summed E-state index contributed by atoms with van der Waals surface area (Å²) in [5.74, 6) is 5.53. The average Bonchev–Trinajstić information content (AvgIpc) is 2.34. The molecule has 0 saturated heterocycles. The molecule has 0 saturated carbocycles. The van der Waals surface area contributed by atoms with Crippen molar-refractivity contribution in [1.82, 2.24) is 5.43 Å². The fourth-order valence-corrected chi connectivity index (χ4v) is 2.01. The van der Waals surface area contributed by atoms with Crippen LogP contribution in [0.4, 0.5) is 0 Å². The first-order chi connectivity index (χ1) is 8.20. The first-order valence-corrected chi connectivity index (χ1v) is 6.44. The molecule has 5 heteroatoms. The Morgan fingerprint density at radius 1 is 1.35 bits per heavy atom. The summed E-state index contributed by atoms with van der Waals surface area (Å²) in [5.41, 5.74) is 3.64. The third kappa shape index (κ3) is 4.45. The van der Waals surface area contributed by atoms with Gasteiger partial charge in [-0.2, -0.15) is 0 Å². The monoisotopic (exact) mass is 276 g/mol. The molecule has 0 radical (unpaired) electrons. The van der Waals surface area contributed by atoms with E-state index in [2.05, 4.69) is 12.3 Å². The number of benzene rings is 1. The minimum Gasteiger partial charge on any atom is -0.381 e. The van der Waals surface area contributed by atoms with Crippen LogP contribution in [0.25, 0.3) is 0 Å². The van der Waals surface area contributed by atoms with Gasteiger partial charge in [-0.25, -0.2) is 0 Å². The molecule has 0 aliphatic carbocycles. The van der Waals surface area contributed by atoms with Crippen molar-refractivity contribution in [2.45, 2.75) is 25.8 Å². The van der Waals surface area contributed by atoms with Gasteiger partial charge in [0.15, 0.2) is 0 Å². The summed E-state index contributed by atoms with van der Waals surface area (Å²) in [7, 11) is 0. The molecule has 0 amide bonds. The second kappa shape index (κ2) is 7.90. The van der Waals surface area contributed by atoms with Crippen molar-refractivity contribution >= 4 is 23.2 Å². The molecule has 96 valence electrons. The summed E-state index contributed by atoms with van der Waals surface area (Å²) in [6.45, 7) is 3.48. The summed E-state index contributed by atoms with van der Waals surface area (Å²) in [6, 6.07) is 5.49. The molecule has 0 bridgehead atoms. The summed E-state index contributed by atoms with van der Waals surface area (Å²) in [4.78, 5) is 0. The number of nitrogens with two attached hydrogens (primary N) is 1. The Balaban J connectivity index is 2.63. The molecule has 1 aromatic rings. The van der Waals surface area contributed by atoms with Crippen LogP contribution in [0.3, 0.4) is 0 Å². The molecule has 17 heavy (non-hydrogen) atoms. The quantitative estimate of drug-likeness (QED) is 0.456. The fourth-order valence-electron chi connectivity index (χ4n) is 1.57. The minimum atomic E-state index is -0.0435. The molecule has 3 N–H and O–H groups in total. The van der Waals surface area contributed by atoms with Crippen molar-refractivity contribution in [3.8, 4) is 0 Å². The maximum absolute atomic E-state index is 6.14. The molecule has 0 aliphatic heterocycles. The van der Waals surface area contributed by atoms with E-state index in [-0.39, 0.29) is 6.04 Å². The Labute approximate surface area is 112 Å². The van der Waals surface area contributed by atoms with Gasteiger partial charge in [0.2, 0.25) is 0 Å². The van der Waals surface area contributed by atoms with Crippen LogP contribution in [0.15, 0.2) is 18.2 Å². The van der Waals surface area contributed by atoms with Crippen LogP contribution in [-0.2, 0) is 4.74 Å². The molecule has 1 unspecified atom stereocenters. The van der Waals surface area contributed by atoms with Crippen molar-refractivity contribution in [2.24, 2.45) is 5.84 Å². The van der Waals surface area contributed by atoms with Crippen LogP contribution < -0.4 is 11.3 Å². The van der Waals surface area contributed by atoms with Gasteiger partial charge in [-0.05, 0) is 24.5 Å². The van der Waals surface area contributed by atoms with E-state index in [1.54, 1.807) is 6.07 Å². The first-order valence-electron chi connectivity index (χ1n) is 5.68. The van der Waals surface area contributed by atoms with Crippen LogP contribution in [-0.4, -0.2) is 13.2 Å². The maximum atomic E-state index is 6.14. The summed E-state index contributed by atoms with van der Waals surface area (Å²) >= 11 is 12.1. The lowest BCUT2D eigenvalue weighted by molar-refractivity contribution is 0.124. The Hall–Kier alpha value is -0.320. The van der Waals surface area contributed by atoms with Gasteiger partial charge in [-0.15, -0.1) is 0 Å². The molecule has 0 spiro atoms.